The summed E-state index contributed by atoms with van der Waals surface area (Å²) in [6, 6.07) is 2.38. The maximum atomic E-state index is 14.4. The second-order valence-electron chi connectivity index (χ2n) is 6.10. The van der Waals surface area contributed by atoms with Gasteiger partial charge in [0.05, 0.1) is 35.4 Å². The van der Waals surface area contributed by atoms with Crippen molar-refractivity contribution in [3.63, 3.8) is 0 Å². The Morgan fingerprint density at radius 3 is 2.68 bits per heavy atom. The Morgan fingerprint density at radius 1 is 1.16 bits per heavy atom. The van der Waals surface area contributed by atoms with Gasteiger partial charge in [-0.05, 0) is 18.9 Å². The van der Waals surface area contributed by atoms with E-state index < -0.39 is 5.82 Å². The van der Waals surface area contributed by atoms with Crippen molar-refractivity contribution in [1.29, 1.82) is 0 Å². The molecule has 1 saturated heterocycles. The third kappa shape index (κ3) is 2.79. The molecule has 0 unspecified atom stereocenters. The largest absolute Gasteiger partial charge is 0.506 e. The first-order valence-corrected chi connectivity index (χ1v) is 8.35. The first kappa shape index (κ1) is 16.1. The van der Waals surface area contributed by atoms with E-state index in [2.05, 4.69) is 14.9 Å². The maximum Gasteiger partial charge on any atom is 0.157 e. The molecule has 2 N–H and O–H groups in total. The van der Waals surface area contributed by atoms with Gasteiger partial charge in [-0.15, -0.1) is 0 Å². The van der Waals surface area contributed by atoms with E-state index in [1.165, 1.54) is 6.07 Å². The van der Waals surface area contributed by atoms with Crippen molar-refractivity contribution in [2.45, 2.75) is 18.9 Å². The SMILES string of the molecule is Oc1cc(F)c(-c2cnc3cncc(N4CCC(O)CC4)n23)cc1Cl. The molecule has 1 aliphatic rings. The fourth-order valence-electron chi connectivity index (χ4n) is 3.17. The zero-order chi connectivity index (χ0) is 17.6. The van der Waals surface area contributed by atoms with E-state index in [0.717, 1.165) is 11.9 Å². The topological polar surface area (TPSA) is 73.9 Å². The predicted octanol–water partition coefficient (Wildman–Crippen LogP) is 2.86. The van der Waals surface area contributed by atoms with Gasteiger partial charge in [0.2, 0.25) is 0 Å². The first-order valence-electron chi connectivity index (χ1n) is 7.97. The second-order valence-corrected chi connectivity index (χ2v) is 6.51. The molecule has 1 aromatic carbocycles. The number of nitrogens with zero attached hydrogens (tertiary/aromatic N) is 4. The highest BCUT2D eigenvalue weighted by atomic mass is 35.5. The highest BCUT2D eigenvalue weighted by molar-refractivity contribution is 6.32. The summed E-state index contributed by atoms with van der Waals surface area (Å²) >= 11 is 5.96. The number of aromatic hydroxyl groups is 1. The first-order chi connectivity index (χ1) is 12.0. The average Bonchev–Trinajstić information content (AvgIpc) is 3.03. The molecule has 6 nitrogen and oxygen atoms in total. The van der Waals surface area contributed by atoms with Crippen LogP contribution in [0, 0.1) is 5.82 Å². The Kier molecular flexibility index (Phi) is 3.97. The fourth-order valence-corrected chi connectivity index (χ4v) is 3.33. The molecule has 8 heteroatoms. The number of aliphatic hydroxyl groups excluding tert-OH is 1. The molecular weight excluding hydrogens is 347 g/mol. The van der Waals surface area contributed by atoms with E-state index in [-0.39, 0.29) is 22.4 Å². The standard InChI is InChI=1S/C17H16ClFN4O2/c18-12-5-11(13(19)6-15(12)25)14-7-21-16-8-20-9-17(23(14)16)22-3-1-10(24)2-4-22/h5-10,24-25H,1-4H2. The smallest absolute Gasteiger partial charge is 0.157 e. The second kappa shape index (κ2) is 6.16. The molecule has 3 heterocycles. The zero-order valence-corrected chi connectivity index (χ0v) is 14.0. The number of rotatable bonds is 2. The number of hydrogen-bond acceptors (Lipinski definition) is 5. The van der Waals surface area contributed by atoms with Crippen LogP contribution < -0.4 is 4.90 Å². The molecule has 130 valence electrons. The molecule has 4 rings (SSSR count). The Hall–Kier alpha value is -2.38. The molecule has 1 fully saturated rings. The van der Waals surface area contributed by atoms with Crippen molar-refractivity contribution in [2.75, 3.05) is 18.0 Å². The van der Waals surface area contributed by atoms with Crippen LogP contribution in [0.15, 0.2) is 30.7 Å². The third-order valence-corrected chi connectivity index (χ3v) is 4.80. The maximum absolute atomic E-state index is 14.4. The van der Waals surface area contributed by atoms with Crippen molar-refractivity contribution >= 4 is 23.1 Å². The van der Waals surface area contributed by atoms with Crippen molar-refractivity contribution in [2.24, 2.45) is 0 Å². The van der Waals surface area contributed by atoms with Crippen LogP contribution in [-0.2, 0) is 0 Å². The number of fused-ring (bicyclic) bond motifs is 1. The molecule has 0 aliphatic carbocycles. The van der Waals surface area contributed by atoms with Crippen LogP contribution in [0.1, 0.15) is 12.8 Å². The molecule has 0 atom stereocenters. The van der Waals surface area contributed by atoms with Crippen LogP contribution in [0.2, 0.25) is 5.02 Å². The van der Waals surface area contributed by atoms with Crippen LogP contribution in [0.5, 0.6) is 5.75 Å². The van der Waals surface area contributed by atoms with Gasteiger partial charge in [-0.1, -0.05) is 11.6 Å². The summed E-state index contributed by atoms with van der Waals surface area (Å²) in [6.45, 7) is 1.36. The lowest BCUT2D eigenvalue weighted by molar-refractivity contribution is 0.145. The van der Waals surface area contributed by atoms with Crippen LogP contribution in [0.3, 0.4) is 0 Å². The summed E-state index contributed by atoms with van der Waals surface area (Å²) < 4.78 is 16.2. The number of aliphatic hydroxyl groups is 1. The van der Waals surface area contributed by atoms with Crippen LogP contribution >= 0.6 is 11.6 Å². The molecule has 25 heavy (non-hydrogen) atoms. The fraction of sp³-hybridized carbons (Fsp3) is 0.294. The van der Waals surface area contributed by atoms with E-state index in [4.69, 9.17) is 11.6 Å². The summed E-state index contributed by atoms with van der Waals surface area (Å²) in [5, 5.41) is 19.4. The highest BCUT2D eigenvalue weighted by Gasteiger charge is 2.22. The number of hydrogen-bond donors (Lipinski definition) is 2. The number of anilines is 1. The minimum absolute atomic E-state index is 0.0723. The lowest BCUT2D eigenvalue weighted by atomic mass is 10.1. The van der Waals surface area contributed by atoms with Crippen molar-refractivity contribution in [1.82, 2.24) is 14.4 Å². The summed E-state index contributed by atoms with van der Waals surface area (Å²) in [7, 11) is 0. The van der Waals surface area contributed by atoms with Crippen LogP contribution in [0.4, 0.5) is 10.2 Å². The van der Waals surface area contributed by atoms with Crippen molar-refractivity contribution in [3.05, 3.63) is 41.6 Å². The normalized spacial score (nSPS) is 15.9. The molecule has 0 saturated carbocycles. The molecular formula is C17H16ClFN4O2. The summed E-state index contributed by atoms with van der Waals surface area (Å²) in [6.07, 6.45) is 5.91. The number of benzene rings is 1. The number of halogens is 2. The predicted molar refractivity (Wildman–Crippen MR) is 92.5 cm³/mol. The van der Waals surface area contributed by atoms with Gasteiger partial charge >= 0.3 is 0 Å². The monoisotopic (exact) mass is 362 g/mol. The molecule has 0 bridgehead atoms. The number of phenols is 1. The van der Waals surface area contributed by atoms with Crippen molar-refractivity contribution < 1.29 is 14.6 Å². The minimum atomic E-state index is -0.583. The number of aromatic nitrogens is 3. The van der Waals surface area contributed by atoms with Crippen LogP contribution in [-0.4, -0.2) is 43.8 Å². The van der Waals surface area contributed by atoms with Gasteiger partial charge in [0, 0.05) is 24.7 Å². The molecule has 1 aliphatic heterocycles. The number of piperidine rings is 1. The number of phenolic OH excluding ortho intramolecular Hbond substituents is 1. The highest BCUT2D eigenvalue weighted by Crippen LogP contribution is 2.34. The van der Waals surface area contributed by atoms with Crippen molar-refractivity contribution in [3.8, 4) is 17.0 Å². The molecule has 0 radical (unpaired) electrons. The number of imidazole rings is 1. The van der Waals surface area contributed by atoms with Gasteiger partial charge in [-0.2, -0.15) is 0 Å². The van der Waals surface area contributed by atoms with Gasteiger partial charge in [0.25, 0.3) is 0 Å². The summed E-state index contributed by atoms with van der Waals surface area (Å²) in [5.41, 5.74) is 1.36. The van der Waals surface area contributed by atoms with E-state index in [9.17, 15) is 14.6 Å². The summed E-state index contributed by atoms with van der Waals surface area (Å²) in [5.74, 6) is -0.107. The molecule has 0 amide bonds. The Morgan fingerprint density at radius 2 is 1.92 bits per heavy atom. The molecule has 0 spiro atoms. The Labute approximate surface area is 148 Å². The zero-order valence-electron chi connectivity index (χ0n) is 13.2. The molecule has 3 aromatic rings. The molecule has 2 aromatic heterocycles. The van der Waals surface area contributed by atoms with Gasteiger partial charge in [-0.25, -0.2) is 9.37 Å². The van der Waals surface area contributed by atoms with Gasteiger partial charge < -0.3 is 15.1 Å². The van der Waals surface area contributed by atoms with Gasteiger partial charge in [-0.3, -0.25) is 9.38 Å². The van der Waals surface area contributed by atoms with Gasteiger partial charge in [0.1, 0.15) is 17.4 Å². The lowest BCUT2D eigenvalue weighted by Gasteiger charge is -2.31. The van der Waals surface area contributed by atoms with Gasteiger partial charge in [0.15, 0.2) is 5.65 Å². The van der Waals surface area contributed by atoms with E-state index in [0.29, 0.717) is 37.3 Å². The van der Waals surface area contributed by atoms with E-state index in [1.807, 2.05) is 4.40 Å². The minimum Gasteiger partial charge on any atom is -0.506 e. The average molecular weight is 363 g/mol. The van der Waals surface area contributed by atoms with E-state index >= 15 is 0 Å². The Bertz CT molecular complexity index is 938. The summed E-state index contributed by atoms with van der Waals surface area (Å²) in [4.78, 5) is 10.6. The van der Waals surface area contributed by atoms with Crippen LogP contribution in [0.25, 0.3) is 16.9 Å². The lowest BCUT2D eigenvalue weighted by Crippen LogP contribution is -2.36. The quantitative estimate of drug-likeness (QED) is 0.733. The Balaban J connectivity index is 1.88. The van der Waals surface area contributed by atoms with E-state index in [1.54, 1.807) is 18.6 Å². The third-order valence-electron chi connectivity index (χ3n) is 4.50.